The highest BCUT2D eigenvalue weighted by molar-refractivity contribution is 5.76. The van der Waals surface area contributed by atoms with Crippen molar-refractivity contribution >= 4 is 5.91 Å². The number of aliphatic hydroxyl groups excluding tert-OH is 1. The van der Waals surface area contributed by atoms with Crippen molar-refractivity contribution < 1.29 is 19.4 Å². The van der Waals surface area contributed by atoms with E-state index in [4.69, 9.17) is 14.6 Å². The lowest BCUT2D eigenvalue weighted by Crippen LogP contribution is -2.33. The summed E-state index contributed by atoms with van der Waals surface area (Å²) in [5, 5.41) is 11.8. The van der Waals surface area contributed by atoms with Gasteiger partial charge in [0.2, 0.25) is 5.91 Å². The molecule has 1 saturated heterocycles. The minimum absolute atomic E-state index is 0.0170. The molecule has 5 heteroatoms. The number of para-hydroxylation sites is 1. The van der Waals surface area contributed by atoms with E-state index in [1.165, 1.54) is 0 Å². The lowest BCUT2D eigenvalue weighted by atomic mass is 10.2. The monoisotopic (exact) mass is 293 g/mol. The molecule has 1 aliphatic rings. The highest BCUT2D eigenvalue weighted by atomic mass is 16.5. The first-order valence-electron chi connectivity index (χ1n) is 7.40. The zero-order valence-electron chi connectivity index (χ0n) is 12.4. The summed E-state index contributed by atoms with van der Waals surface area (Å²) in [5.74, 6) is 0.773. The van der Waals surface area contributed by atoms with E-state index < -0.39 is 0 Å². The topological polar surface area (TPSA) is 67.8 Å². The SMILES string of the molecule is Cc1ccccc1OCCC(=O)NC[C@H]1CC[C@@H](CO)O1. The Bertz CT molecular complexity index is 463. The van der Waals surface area contributed by atoms with Gasteiger partial charge in [-0.05, 0) is 31.4 Å². The number of carbonyl (C=O) groups excluding carboxylic acids is 1. The maximum Gasteiger partial charge on any atom is 0.223 e. The smallest absolute Gasteiger partial charge is 0.223 e. The number of hydrogen-bond acceptors (Lipinski definition) is 4. The molecule has 1 amide bonds. The second kappa shape index (κ2) is 8.00. The van der Waals surface area contributed by atoms with E-state index in [0.717, 1.165) is 24.2 Å². The van der Waals surface area contributed by atoms with E-state index in [9.17, 15) is 4.79 Å². The molecule has 1 aromatic rings. The molecule has 1 aromatic carbocycles. The average Bonchev–Trinajstić information content (AvgIpc) is 2.95. The molecule has 1 aliphatic heterocycles. The van der Waals surface area contributed by atoms with Gasteiger partial charge in [-0.1, -0.05) is 18.2 Å². The maximum atomic E-state index is 11.7. The molecule has 0 aliphatic carbocycles. The van der Waals surface area contributed by atoms with Crippen molar-refractivity contribution in [3.63, 3.8) is 0 Å². The molecule has 0 spiro atoms. The first-order chi connectivity index (χ1) is 10.2. The van der Waals surface area contributed by atoms with Crippen molar-refractivity contribution in [3.05, 3.63) is 29.8 Å². The largest absolute Gasteiger partial charge is 0.493 e. The summed E-state index contributed by atoms with van der Waals surface area (Å²) in [6.07, 6.45) is 2.00. The average molecular weight is 293 g/mol. The van der Waals surface area contributed by atoms with Gasteiger partial charge in [0.15, 0.2) is 0 Å². The predicted octanol–water partition coefficient (Wildman–Crippen LogP) is 1.42. The molecule has 0 bridgehead atoms. The minimum Gasteiger partial charge on any atom is -0.493 e. The van der Waals surface area contributed by atoms with Crippen molar-refractivity contribution in [1.29, 1.82) is 0 Å². The van der Waals surface area contributed by atoms with Crippen LogP contribution in [0.4, 0.5) is 0 Å². The number of aryl methyl sites for hydroxylation is 1. The fourth-order valence-electron chi connectivity index (χ4n) is 2.35. The van der Waals surface area contributed by atoms with Gasteiger partial charge in [0.05, 0.1) is 31.8 Å². The number of aliphatic hydroxyl groups is 1. The van der Waals surface area contributed by atoms with Crippen LogP contribution in [0.3, 0.4) is 0 Å². The van der Waals surface area contributed by atoms with E-state index in [1.807, 2.05) is 31.2 Å². The molecule has 1 heterocycles. The Balaban J connectivity index is 1.61. The number of hydrogen-bond donors (Lipinski definition) is 2. The van der Waals surface area contributed by atoms with Crippen molar-refractivity contribution in [2.75, 3.05) is 19.8 Å². The van der Waals surface area contributed by atoms with Gasteiger partial charge < -0.3 is 19.9 Å². The van der Waals surface area contributed by atoms with Gasteiger partial charge in [-0.15, -0.1) is 0 Å². The van der Waals surface area contributed by atoms with Crippen LogP contribution in [0.1, 0.15) is 24.8 Å². The Hall–Kier alpha value is -1.59. The highest BCUT2D eigenvalue weighted by Crippen LogP contribution is 2.18. The summed E-state index contributed by atoms with van der Waals surface area (Å²) in [6.45, 7) is 2.89. The van der Waals surface area contributed by atoms with Crippen LogP contribution in [0.25, 0.3) is 0 Å². The van der Waals surface area contributed by atoms with E-state index in [0.29, 0.717) is 19.6 Å². The van der Waals surface area contributed by atoms with Crippen molar-refractivity contribution in [1.82, 2.24) is 5.32 Å². The van der Waals surface area contributed by atoms with Crippen LogP contribution in [0.15, 0.2) is 24.3 Å². The molecule has 0 saturated carbocycles. The number of ether oxygens (including phenoxy) is 2. The van der Waals surface area contributed by atoms with E-state index in [1.54, 1.807) is 0 Å². The van der Waals surface area contributed by atoms with Crippen molar-refractivity contribution in [2.45, 2.75) is 38.4 Å². The molecular weight excluding hydrogens is 270 g/mol. The molecule has 2 rings (SSSR count). The zero-order chi connectivity index (χ0) is 15.1. The standard InChI is InChI=1S/C16H23NO4/c1-12-4-2-3-5-15(12)20-9-8-16(19)17-10-13-6-7-14(11-18)21-13/h2-5,13-14,18H,6-11H2,1H3,(H,17,19)/t13-,14+/m1/s1. The van der Waals surface area contributed by atoms with Crippen LogP contribution < -0.4 is 10.1 Å². The van der Waals surface area contributed by atoms with Crippen LogP contribution in [-0.2, 0) is 9.53 Å². The Morgan fingerprint density at radius 2 is 2.14 bits per heavy atom. The first-order valence-corrected chi connectivity index (χ1v) is 7.40. The molecule has 2 N–H and O–H groups in total. The maximum absolute atomic E-state index is 11.7. The molecular formula is C16H23NO4. The fraction of sp³-hybridized carbons (Fsp3) is 0.562. The van der Waals surface area contributed by atoms with Gasteiger partial charge >= 0.3 is 0 Å². The third-order valence-electron chi connectivity index (χ3n) is 3.61. The lowest BCUT2D eigenvalue weighted by Gasteiger charge is -2.13. The molecule has 5 nitrogen and oxygen atoms in total. The molecule has 21 heavy (non-hydrogen) atoms. The van der Waals surface area contributed by atoms with Crippen LogP contribution >= 0.6 is 0 Å². The number of benzene rings is 1. The normalized spacial score (nSPS) is 21.2. The Labute approximate surface area is 125 Å². The first kappa shape index (κ1) is 15.8. The van der Waals surface area contributed by atoms with Crippen LogP contribution in [0.5, 0.6) is 5.75 Å². The quantitative estimate of drug-likeness (QED) is 0.798. The third kappa shape index (κ3) is 5.02. The second-order valence-electron chi connectivity index (χ2n) is 5.31. The van der Waals surface area contributed by atoms with Crippen molar-refractivity contribution in [3.8, 4) is 5.75 Å². The van der Waals surface area contributed by atoms with Gasteiger partial charge in [-0.3, -0.25) is 4.79 Å². The van der Waals surface area contributed by atoms with Crippen LogP contribution in [0.2, 0.25) is 0 Å². The molecule has 0 radical (unpaired) electrons. The summed E-state index contributed by atoms with van der Waals surface area (Å²) >= 11 is 0. The molecule has 0 aromatic heterocycles. The Morgan fingerprint density at radius 1 is 1.38 bits per heavy atom. The van der Waals surface area contributed by atoms with Crippen LogP contribution in [-0.4, -0.2) is 43.0 Å². The summed E-state index contributed by atoms with van der Waals surface area (Å²) in [7, 11) is 0. The summed E-state index contributed by atoms with van der Waals surface area (Å²) < 4.78 is 11.1. The van der Waals surface area contributed by atoms with Gasteiger partial charge in [0, 0.05) is 6.54 Å². The second-order valence-corrected chi connectivity index (χ2v) is 5.31. The Kier molecular flexibility index (Phi) is 6.02. The van der Waals surface area contributed by atoms with Crippen LogP contribution in [0, 0.1) is 6.92 Å². The number of carbonyl (C=O) groups is 1. The number of amides is 1. The van der Waals surface area contributed by atoms with E-state index >= 15 is 0 Å². The molecule has 0 unspecified atom stereocenters. The number of nitrogens with one attached hydrogen (secondary N) is 1. The summed E-state index contributed by atoms with van der Waals surface area (Å²) in [5.41, 5.74) is 1.06. The van der Waals surface area contributed by atoms with Gasteiger partial charge in [0.1, 0.15) is 5.75 Å². The summed E-state index contributed by atoms with van der Waals surface area (Å²) in [6, 6.07) is 7.74. The van der Waals surface area contributed by atoms with Gasteiger partial charge in [-0.2, -0.15) is 0 Å². The van der Waals surface area contributed by atoms with E-state index in [-0.39, 0.29) is 24.7 Å². The zero-order valence-corrected chi connectivity index (χ0v) is 12.4. The Morgan fingerprint density at radius 3 is 2.86 bits per heavy atom. The highest BCUT2D eigenvalue weighted by Gasteiger charge is 2.24. The van der Waals surface area contributed by atoms with Gasteiger partial charge in [-0.25, -0.2) is 0 Å². The molecule has 116 valence electrons. The third-order valence-corrected chi connectivity index (χ3v) is 3.61. The molecule has 1 fully saturated rings. The van der Waals surface area contributed by atoms with Gasteiger partial charge in [0.25, 0.3) is 0 Å². The molecule has 2 atom stereocenters. The predicted molar refractivity (Wildman–Crippen MR) is 79.3 cm³/mol. The fourth-order valence-corrected chi connectivity index (χ4v) is 2.35. The van der Waals surface area contributed by atoms with Crippen molar-refractivity contribution in [2.24, 2.45) is 0 Å². The number of rotatable bonds is 7. The van der Waals surface area contributed by atoms with E-state index in [2.05, 4.69) is 5.32 Å². The lowest BCUT2D eigenvalue weighted by molar-refractivity contribution is -0.122. The summed E-state index contributed by atoms with van der Waals surface area (Å²) in [4.78, 5) is 11.7. The minimum atomic E-state index is -0.0729.